The van der Waals surface area contributed by atoms with Crippen LogP contribution in [0, 0.1) is 6.92 Å². The lowest BCUT2D eigenvalue weighted by atomic mass is 10.2. The lowest BCUT2D eigenvalue weighted by Gasteiger charge is -2.37. The van der Waals surface area contributed by atoms with Crippen LogP contribution in [-0.4, -0.2) is 47.9 Å². The summed E-state index contributed by atoms with van der Waals surface area (Å²) in [7, 11) is 0. The van der Waals surface area contributed by atoms with Crippen LogP contribution in [0.4, 0.5) is 5.69 Å². The van der Waals surface area contributed by atoms with Crippen molar-refractivity contribution < 1.29 is 9.21 Å². The minimum atomic E-state index is -0.128. The maximum absolute atomic E-state index is 12.5. The lowest BCUT2D eigenvalue weighted by molar-refractivity contribution is -0.121. The van der Waals surface area contributed by atoms with E-state index in [-0.39, 0.29) is 11.9 Å². The molecule has 0 spiro atoms. The Labute approximate surface area is 143 Å². The van der Waals surface area contributed by atoms with E-state index in [4.69, 9.17) is 4.42 Å². The molecule has 5 nitrogen and oxygen atoms in total. The van der Waals surface area contributed by atoms with Gasteiger partial charge in [-0.05, 0) is 38.1 Å². The standard InChI is InChI=1S/C19H25N3O2/c1-15-5-7-17(8-6-15)20-19(23)16(2)22-11-9-21(10-12-22)14-18-4-3-13-24-18/h3-8,13,16H,9-12,14H2,1-2H3,(H,20,23)/t16-/m0/s1. The van der Waals surface area contributed by atoms with Gasteiger partial charge in [0.15, 0.2) is 0 Å². The summed E-state index contributed by atoms with van der Waals surface area (Å²) in [6.07, 6.45) is 1.71. The van der Waals surface area contributed by atoms with Gasteiger partial charge in [0, 0.05) is 31.9 Å². The van der Waals surface area contributed by atoms with E-state index in [1.54, 1.807) is 6.26 Å². The molecular weight excluding hydrogens is 302 g/mol. The van der Waals surface area contributed by atoms with E-state index in [1.165, 1.54) is 5.56 Å². The summed E-state index contributed by atoms with van der Waals surface area (Å²) in [5.41, 5.74) is 2.04. The summed E-state index contributed by atoms with van der Waals surface area (Å²) in [5.74, 6) is 1.05. The van der Waals surface area contributed by atoms with Gasteiger partial charge in [0.05, 0.1) is 18.8 Å². The molecule has 1 aromatic heterocycles. The molecule has 1 amide bonds. The molecule has 2 heterocycles. The van der Waals surface area contributed by atoms with Gasteiger partial charge in [-0.3, -0.25) is 14.6 Å². The number of carbonyl (C=O) groups excluding carboxylic acids is 1. The molecule has 3 rings (SSSR count). The SMILES string of the molecule is Cc1ccc(NC(=O)[C@H](C)N2CCN(Cc3ccco3)CC2)cc1. The molecule has 1 aromatic carbocycles. The van der Waals surface area contributed by atoms with Gasteiger partial charge in [-0.1, -0.05) is 17.7 Å². The zero-order valence-electron chi connectivity index (χ0n) is 14.4. The van der Waals surface area contributed by atoms with Crippen molar-refractivity contribution in [2.45, 2.75) is 26.4 Å². The first-order valence-electron chi connectivity index (χ1n) is 8.48. The molecule has 1 aliphatic rings. The van der Waals surface area contributed by atoms with E-state index in [0.29, 0.717) is 0 Å². The van der Waals surface area contributed by atoms with Crippen LogP contribution in [0.3, 0.4) is 0 Å². The van der Waals surface area contributed by atoms with E-state index in [2.05, 4.69) is 15.1 Å². The van der Waals surface area contributed by atoms with E-state index >= 15 is 0 Å². The molecule has 1 atom stereocenters. The van der Waals surface area contributed by atoms with Gasteiger partial charge in [0.2, 0.25) is 5.91 Å². The monoisotopic (exact) mass is 327 g/mol. The average Bonchev–Trinajstić information content (AvgIpc) is 3.10. The van der Waals surface area contributed by atoms with Gasteiger partial charge in [-0.25, -0.2) is 0 Å². The van der Waals surface area contributed by atoms with Crippen molar-refractivity contribution in [1.82, 2.24) is 9.80 Å². The molecule has 0 radical (unpaired) electrons. The molecule has 0 unspecified atom stereocenters. The van der Waals surface area contributed by atoms with Crippen LogP contribution in [0.1, 0.15) is 18.2 Å². The molecule has 5 heteroatoms. The second kappa shape index (κ2) is 7.64. The quantitative estimate of drug-likeness (QED) is 0.917. The second-order valence-corrected chi connectivity index (χ2v) is 6.42. The molecule has 0 bridgehead atoms. The zero-order valence-corrected chi connectivity index (χ0v) is 14.4. The number of nitrogens with one attached hydrogen (secondary N) is 1. The van der Waals surface area contributed by atoms with Gasteiger partial charge in [-0.2, -0.15) is 0 Å². The van der Waals surface area contributed by atoms with Crippen molar-refractivity contribution in [2.24, 2.45) is 0 Å². The molecule has 0 aliphatic carbocycles. The van der Waals surface area contributed by atoms with Gasteiger partial charge in [0.1, 0.15) is 5.76 Å². The highest BCUT2D eigenvalue weighted by Gasteiger charge is 2.25. The van der Waals surface area contributed by atoms with Crippen LogP contribution in [0.25, 0.3) is 0 Å². The minimum absolute atomic E-state index is 0.0540. The highest BCUT2D eigenvalue weighted by atomic mass is 16.3. The van der Waals surface area contributed by atoms with Gasteiger partial charge >= 0.3 is 0 Å². The van der Waals surface area contributed by atoms with Gasteiger partial charge in [-0.15, -0.1) is 0 Å². The number of amides is 1. The van der Waals surface area contributed by atoms with Crippen molar-refractivity contribution in [2.75, 3.05) is 31.5 Å². The molecule has 1 aliphatic heterocycles. The first-order valence-corrected chi connectivity index (χ1v) is 8.48. The third-order valence-corrected chi connectivity index (χ3v) is 4.61. The Morgan fingerprint density at radius 1 is 1.17 bits per heavy atom. The summed E-state index contributed by atoms with van der Waals surface area (Å²) >= 11 is 0. The zero-order chi connectivity index (χ0) is 16.9. The summed E-state index contributed by atoms with van der Waals surface area (Å²) in [6, 6.07) is 11.7. The van der Waals surface area contributed by atoms with Crippen LogP contribution >= 0.6 is 0 Å². The number of carbonyl (C=O) groups is 1. The normalized spacial score (nSPS) is 17.6. The number of hydrogen-bond acceptors (Lipinski definition) is 4. The highest BCUT2D eigenvalue weighted by Crippen LogP contribution is 2.13. The molecule has 0 saturated carbocycles. The number of nitrogens with zero attached hydrogens (tertiary/aromatic N) is 2. The number of furan rings is 1. The van der Waals surface area contributed by atoms with Gasteiger partial charge in [0.25, 0.3) is 0 Å². The fraction of sp³-hybridized carbons (Fsp3) is 0.421. The predicted octanol–water partition coefficient (Wildman–Crippen LogP) is 2.73. The smallest absolute Gasteiger partial charge is 0.241 e. The van der Waals surface area contributed by atoms with Crippen molar-refractivity contribution in [3.63, 3.8) is 0 Å². The Kier molecular flexibility index (Phi) is 5.33. The highest BCUT2D eigenvalue weighted by molar-refractivity contribution is 5.94. The maximum Gasteiger partial charge on any atom is 0.241 e. The Morgan fingerprint density at radius 2 is 1.88 bits per heavy atom. The van der Waals surface area contributed by atoms with E-state index < -0.39 is 0 Å². The second-order valence-electron chi connectivity index (χ2n) is 6.42. The van der Waals surface area contributed by atoms with Crippen LogP contribution in [-0.2, 0) is 11.3 Å². The fourth-order valence-corrected chi connectivity index (χ4v) is 2.98. The molecule has 1 fully saturated rings. The maximum atomic E-state index is 12.5. The fourth-order valence-electron chi connectivity index (χ4n) is 2.98. The molecule has 1 N–H and O–H groups in total. The van der Waals surface area contributed by atoms with Crippen molar-refractivity contribution in [1.29, 1.82) is 0 Å². The Bertz CT molecular complexity index is 644. The summed E-state index contributed by atoms with van der Waals surface area (Å²) in [4.78, 5) is 17.1. The summed E-state index contributed by atoms with van der Waals surface area (Å²) < 4.78 is 5.40. The van der Waals surface area contributed by atoms with Crippen molar-refractivity contribution in [3.05, 3.63) is 54.0 Å². The van der Waals surface area contributed by atoms with Crippen molar-refractivity contribution >= 4 is 11.6 Å². The van der Waals surface area contributed by atoms with Crippen LogP contribution in [0.5, 0.6) is 0 Å². The Balaban J connectivity index is 1.48. The first-order chi connectivity index (χ1) is 11.6. The van der Waals surface area contributed by atoms with Crippen LogP contribution in [0.15, 0.2) is 47.1 Å². The van der Waals surface area contributed by atoms with E-state index in [1.807, 2.05) is 50.2 Å². The van der Waals surface area contributed by atoms with Crippen LogP contribution < -0.4 is 5.32 Å². The number of anilines is 1. The summed E-state index contributed by atoms with van der Waals surface area (Å²) in [6.45, 7) is 8.53. The van der Waals surface area contributed by atoms with E-state index in [0.717, 1.165) is 44.2 Å². The average molecular weight is 327 g/mol. The number of piperazine rings is 1. The Hall–Kier alpha value is -2.11. The Morgan fingerprint density at radius 3 is 2.50 bits per heavy atom. The molecule has 2 aromatic rings. The number of benzene rings is 1. The van der Waals surface area contributed by atoms with Crippen molar-refractivity contribution in [3.8, 4) is 0 Å². The third-order valence-electron chi connectivity index (χ3n) is 4.61. The largest absolute Gasteiger partial charge is 0.468 e. The number of hydrogen-bond donors (Lipinski definition) is 1. The topological polar surface area (TPSA) is 48.7 Å². The van der Waals surface area contributed by atoms with Gasteiger partial charge < -0.3 is 9.73 Å². The van der Waals surface area contributed by atoms with E-state index in [9.17, 15) is 4.79 Å². The minimum Gasteiger partial charge on any atom is -0.468 e. The summed E-state index contributed by atoms with van der Waals surface area (Å²) in [5, 5.41) is 3.00. The van der Waals surface area contributed by atoms with Crippen LogP contribution in [0.2, 0.25) is 0 Å². The molecule has 1 saturated heterocycles. The number of aryl methyl sites for hydroxylation is 1. The lowest BCUT2D eigenvalue weighted by Crippen LogP contribution is -2.52. The third kappa shape index (κ3) is 4.24. The predicted molar refractivity (Wildman–Crippen MR) is 94.8 cm³/mol. The molecule has 24 heavy (non-hydrogen) atoms. The molecular formula is C19H25N3O2. The first kappa shape index (κ1) is 16.7. The molecule has 128 valence electrons. The number of rotatable bonds is 5.